The number of aliphatic hydroxyl groups excluding tert-OH is 1. The van der Waals surface area contributed by atoms with E-state index in [0.29, 0.717) is 23.9 Å². The summed E-state index contributed by atoms with van der Waals surface area (Å²) in [6.45, 7) is 4.80. The summed E-state index contributed by atoms with van der Waals surface area (Å²) in [6.07, 6.45) is 96.1. The van der Waals surface area contributed by atoms with E-state index in [1.165, 1.54) is 186 Å². The van der Waals surface area contributed by atoms with Crippen molar-refractivity contribution in [2.24, 2.45) is 0 Å². The van der Waals surface area contributed by atoms with E-state index in [0.717, 1.165) is 103 Å². The van der Waals surface area contributed by atoms with Crippen molar-refractivity contribution >= 4 is 13.7 Å². The summed E-state index contributed by atoms with van der Waals surface area (Å²) >= 11 is 0. The van der Waals surface area contributed by atoms with E-state index in [1.807, 2.05) is 21.1 Å². The summed E-state index contributed by atoms with van der Waals surface area (Å²) in [5, 5.41) is 14.2. The first-order chi connectivity index (χ1) is 41.5. The molecular weight excluding hydrogens is 1070 g/mol. The lowest BCUT2D eigenvalue weighted by Gasteiger charge is -2.26. The van der Waals surface area contributed by atoms with Crippen LogP contribution < -0.4 is 5.32 Å². The monoisotopic (exact) mass is 1210 g/mol. The van der Waals surface area contributed by atoms with Crippen LogP contribution in [0.1, 0.15) is 316 Å². The summed E-state index contributed by atoms with van der Waals surface area (Å²) in [4.78, 5) is 23.5. The second-order valence-electron chi connectivity index (χ2n) is 25.2. The van der Waals surface area contributed by atoms with Crippen molar-refractivity contribution in [2.45, 2.75) is 328 Å². The van der Waals surface area contributed by atoms with Crippen molar-refractivity contribution < 1.29 is 32.9 Å². The van der Waals surface area contributed by atoms with Crippen LogP contribution in [0, 0.1) is 0 Å². The molecule has 0 bridgehead atoms. The van der Waals surface area contributed by atoms with Crippen LogP contribution in [0.4, 0.5) is 0 Å². The summed E-state index contributed by atoms with van der Waals surface area (Å²) < 4.78 is 23.9. The average Bonchev–Trinajstić information content (AvgIpc) is 3.49. The number of carbonyl (C=O) groups is 1. The van der Waals surface area contributed by atoms with E-state index < -0.39 is 20.0 Å². The van der Waals surface area contributed by atoms with Crippen LogP contribution >= 0.6 is 7.82 Å². The Balaban J connectivity index is 4.09. The molecule has 492 valence electrons. The zero-order valence-electron chi connectivity index (χ0n) is 56.3. The number of amides is 1. The summed E-state index contributed by atoms with van der Waals surface area (Å²) in [5.74, 6) is -0.151. The number of rotatable bonds is 65. The lowest BCUT2D eigenvalue weighted by Crippen LogP contribution is -2.46. The molecule has 3 atom stereocenters. The quantitative estimate of drug-likeness (QED) is 0.0243. The molecule has 9 heteroatoms. The summed E-state index contributed by atoms with van der Waals surface area (Å²) in [7, 11) is 1.61. The highest BCUT2D eigenvalue weighted by atomic mass is 31.2. The van der Waals surface area contributed by atoms with Gasteiger partial charge in [-0.05, 0) is 83.5 Å². The minimum atomic E-state index is -4.34. The molecule has 0 aliphatic rings. The number of hydrogen-bond donors (Lipinski definition) is 3. The van der Waals surface area contributed by atoms with Crippen molar-refractivity contribution in [2.75, 3.05) is 40.9 Å². The van der Waals surface area contributed by atoms with Crippen LogP contribution in [0.3, 0.4) is 0 Å². The molecular formula is C76H138N2O6P+. The number of carbonyl (C=O) groups excluding carboxylic acids is 1. The van der Waals surface area contributed by atoms with Gasteiger partial charge in [0.15, 0.2) is 0 Å². The first-order valence-electron chi connectivity index (χ1n) is 35.8. The minimum Gasteiger partial charge on any atom is -0.391 e. The highest BCUT2D eigenvalue weighted by Gasteiger charge is 2.28. The Labute approximate surface area is 527 Å². The van der Waals surface area contributed by atoms with E-state index in [9.17, 15) is 19.4 Å². The molecule has 0 fully saturated rings. The normalized spacial score (nSPS) is 14.3. The zero-order valence-corrected chi connectivity index (χ0v) is 57.2. The van der Waals surface area contributed by atoms with Crippen molar-refractivity contribution in [3.63, 3.8) is 0 Å². The summed E-state index contributed by atoms with van der Waals surface area (Å²) in [6, 6.07) is -0.773. The predicted molar refractivity (Wildman–Crippen MR) is 373 cm³/mol. The third-order valence-electron chi connectivity index (χ3n) is 15.8. The van der Waals surface area contributed by atoms with Gasteiger partial charge in [0, 0.05) is 6.42 Å². The van der Waals surface area contributed by atoms with Gasteiger partial charge in [-0.3, -0.25) is 13.8 Å². The minimum absolute atomic E-state index is 0.0693. The van der Waals surface area contributed by atoms with E-state index in [1.54, 1.807) is 0 Å². The Bertz CT molecular complexity index is 1760. The van der Waals surface area contributed by atoms with Crippen molar-refractivity contribution in [1.82, 2.24) is 5.32 Å². The standard InChI is InChI=1S/C76H137N2O6P/c1-6-8-10-12-14-16-18-20-22-24-26-28-30-32-34-35-36-37-38-39-40-41-42-43-44-46-48-50-52-54-56-58-60-62-64-66-68-70-76(80)77-74(73-84-85(81,82)83-72-71-78(3,4)5)75(79)69-67-65-63-61-59-57-55-53-51-49-47-45-33-31-29-27-25-23-21-19-17-15-13-11-9-7-2/h8,10,14,16,20,22,26,28,32,34,36-37,39-40,42-43,46,48,74-75,79H,6-7,9,11-13,15,17-19,21,23-25,27,29-31,33,35,38,41,44-45,47,49-73H2,1-5H3,(H-,77,80,81,82)/p+1/b10-8-,16-14-,22-20-,28-26-,34-32-,37-36-,40-39-,43-42-,48-46-. The lowest BCUT2D eigenvalue weighted by molar-refractivity contribution is -0.870. The Morgan fingerprint density at radius 3 is 1.04 bits per heavy atom. The van der Waals surface area contributed by atoms with Crippen molar-refractivity contribution in [3.05, 3.63) is 109 Å². The highest BCUT2D eigenvalue weighted by Crippen LogP contribution is 2.43. The van der Waals surface area contributed by atoms with Gasteiger partial charge in [0.2, 0.25) is 5.91 Å². The van der Waals surface area contributed by atoms with Crippen molar-refractivity contribution in [1.29, 1.82) is 0 Å². The maximum absolute atomic E-state index is 13.1. The van der Waals surface area contributed by atoms with Crippen molar-refractivity contribution in [3.8, 4) is 0 Å². The molecule has 1 amide bonds. The van der Waals surface area contributed by atoms with Crippen LogP contribution in [0.15, 0.2) is 109 Å². The fourth-order valence-electron chi connectivity index (χ4n) is 10.3. The number of phosphoric ester groups is 1. The van der Waals surface area contributed by atoms with Gasteiger partial charge in [0.25, 0.3) is 0 Å². The maximum Gasteiger partial charge on any atom is 0.472 e. The van der Waals surface area contributed by atoms with Crippen LogP contribution in [-0.2, 0) is 18.4 Å². The number of allylic oxidation sites excluding steroid dienone is 18. The molecule has 0 aromatic rings. The molecule has 0 radical (unpaired) electrons. The lowest BCUT2D eigenvalue weighted by atomic mass is 10.0. The van der Waals surface area contributed by atoms with Crippen LogP contribution in [0.2, 0.25) is 0 Å². The molecule has 85 heavy (non-hydrogen) atoms. The molecule has 0 aromatic heterocycles. The van der Waals surface area contributed by atoms with Gasteiger partial charge in [-0.1, -0.05) is 335 Å². The number of phosphoric acid groups is 1. The first kappa shape index (κ1) is 82.2. The average molecular weight is 1210 g/mol. The van der Waals surface area contributed by atoms with Gasteiger partial charge in [-0.25, -0.2) is 4.57 Å². The molecule has 0 saturated carbocycles. The predicted octanol–water partition coefficient (Wildman–Crippen LogP) is 23.1. The SMILES string of the molecule is CC/C=C\C/C=C\C/C=C\C/C=C\C/C=C\C/C=C\C/C=C\C/C=C\C/C=C\CCCCCCCCCCCC(=O)NC(COP(=O)(O)OCC[N+](C)(C)C)C(O)CCCCCCCCCCCCCCCCCCCCCCCCCCCC. The first-order valence-corrected chi connectivity index (χ1v) is 37.2. The van der Waals surface area contributed by atoms with Crippen LogP contribution in [0.5, 0.6) is 0 Å². The van der Waals surface area contributed by atoms with Gasteiger partial charge in [0.1, 0.15) is 13.2 Å². The third kappa shape index (κ3) is 68.5. The fraction of sp³-hybridized carbons (Fsp3) is 0.750. The molecule has 8 nitrogen and oxygen atoms in total. The Morgan fingerprint density at radius 2 is 0.706 bits per heavy atom. The third-order valence-corrected chi connectivity index (χ3v) is 16.8. The number of nitrogens with zero attached hydrogens (tertiary/aromatic N) is 1. The number of likely N-dealkylation sites (N-methyl/N-ethyl adjacent to an activating group) is 1. The summed E-state index contributed by atoms with van der Waals surface area (Å²) in [5.41, 5.74) is 0. The molecule has 0 heterocycles. The number of nitrogens with one attached hydrogen (secondary N) is 1. The van der Waals surface area contributed by atoms with E-state index in [4.69, 9.17) is 9.05 Å². The van der Waals surface area contributed by atoms with Gasteiger partial charge >= 0.3 is 7.82 Å². The molecule has 3 unspecified atom stereocenters. The van der Waals surface area contributed by atoms with Gasteiger partial charge in [0.05, 0.1) is 39.9 Å². The number of hydrogen-bond acceptors (Lipinski definition) is 5. The van der Waals surface area contributed by atoms with E-state index in [2.05, 4.69) is 129 Å². The largest absolute Gasteiger partial charge is 0.472 e. The number of quaternary nitrogens is 1. The molecule has 0 saturated heterocycles. The van der Waals surface area contributed by atoms with Gasteiger partial charge in [-0.2, -0.15) is 0 Å². The molecule has 3 N–H and O–H groups in total. The second kappa shape index (κ2) is 65.6. The zero-order chi connectivity index (χ0) is 61.9. The van der Waals surface area contributed by atoms with Gasteiger partial charge in [-0.15, -0.1) is 0 Å². The number of unbranched alkanes of at least 4 members (excludes halogenated alkanes) is 34. The molecule has 0 aliphatic carbocycles. The second-order valence-corrected chi connectivity index (χ2v) is 26.7. The van der Waals surface area contributed by atoms with E-state index in [-0.39, 0.29) is 19.1 Å². The Morgan fingerprint density at radius 1 is 0.412 bits per heavy atom. The van der Waals surface area contributed by atoms with Gasteiger partial charge < -0.3 is 19.8 Å². The Hall–Kier alpha value is -2.84. The van der Waals surface area contributed by atoms with E-state index >= 15 is 0 Å². The van der Waals surface area contributed by atoms with Crippen LogP contribution in [-0.4, -0.2) is 73.4 Å². The molecule has 0 aromatic carbocycles. The Kier molecular flexibility index (Phi) is 63.4. The topological polar surface area (TPSA) is 105 Å². The highest BCUT2D eigenvalue weighted by molar-refractivity contribution is 7.47. The van der Waals surface area contributed by atoms with Crippen LogP contribution in [0.25, 0.3) is 0 Å². The molecule has 0 aliphatic heterocycles. The number of aliphatic hydroxyl groups is 1. The molecule has 0 rings (SSSR count). The smallest absolute Gasteiger partial charge is 0.391 e. The fourth-order valence-corrected chi connectivity index (χ4v) is 11.0. The maximum atomic E-state index is 13.1. The molecule has 0 spiro atoms.